The average Bonchev–Trinajstić information content (AvgIpc) is 3.74. The van der Waals surface area contributed by atoms with Crippen LogP contribution in [0.15, 0.2) is 89.6 Å². The second kappa shape index (κ2) is 17.8. The van der Waals surface area contributed by atoms with Crippen molar-refractivity contribution in [2.24, 2.45) is 5.41 Å². The van der Waals surface area contributed by atoms with Crippen LogP contribution in [0, 0.1) is 15.5 Å². The summed E-state index contributed by atoms with van der Waals surface area (Å²) in [5.74, 6) is -0.270. The molecule has 5 heterocycles. The van der Waals surface area contributed by atoms with E-state index < -0.39 is 25.7 Å². The van der Waals surface area contributed by atoms with E-state index in [4.69, 9.17) is 30.8 Å². The van der Waals surface area contributed by atoms with Crippen molar-refractivity contribution in [1.29, 1.82) is 0 Å². The molecule has 17 heteroatoms. The number of sulfonamides is 1. The highest BCUT2D eigenvalue weighted by molar-refractivity contribution is 7.90. The van der Waals surface area contributed by atoms with Crippen molar-refractivity contribution >= 4 is 55.6 Å². The molecule has 4 aliphatic rings. The number of nitrogens with one attached hydrogen (secondary N) is 2. The molecule has 15 nitrogen and oxygen atoms in total. The van der Waals surface area contributed by atoms with Gasteiger partial charge in [-0.3, -0.25) is 19.8 Å². The molecule has 2 aromatic carbocycles. The number of fused-ring (bicyclic) bond motifs is 1. The molecule has 1 spiro atoms. The van der Waals surface area contributed by atoms with Crippen LogP contribution >= 0.6 is 11.6 Å². The predicted molar refractivity (Wildman–Crippen MR) is 234 cm³/mol. The van der Waals surface area contributed by atoms with Crippen LogP contribution < -0.4 is 14.4 Å². The quantitative estimate of drug-likeness (QED) is 0.0870. The van der Waals surface area contributed by atoms with Gasteiger partial charge in [0.25, 0.3) is 21.6 Å². The second-order valence-electron chi connectivity index (χ2n) is 16.7. The molecule has 0 radical (unpaired) electrons. The minimum atomic E-state index is -4.58. The maximum Gasteiger partial charge on any atom is 0.273 e. The maximum absolute atomic E-state index is 13.9. The summed E-state index contributed by atoms with van der Waals surface area (Å²) >= 11 is 6.27. The van der Waals surface area contributed by atoms with Crippen LogP contribution in [0.2, 0.25) is 5.02 Å². The van der Waals surface area contributed by atoms with Gasteiger partial charge in [0.15, 0.2) is 0 Å². The van der Waals surface area contributed by atoms with E-state index in [1.54, 1.807) is 18.3 Å². The van der Waals surface area contributed by atoms with Crippen LogP contribution in [0.5, 0.6) is 11.6 Å². The monoisotopic (exact) mass is 881 g/mol. The maximum atomic E-state index is 13.9. The number of ether oxygens (including phenoxy) is 3. The van der Waals surface area contributed by atoms with Gasteiger partial charge < -0.3 is 24.1 Å². The van der Waals surface area contributed by atoms with E-state index in [2.05, 4.69) is 36.6 Å². The number of allylic oxidation sites excluding steroid dienone is 1. The Morgan fingerprint density at radius 3 is 2.60 bits per heavy atom. The summed E-state index contributed by atoms with van der Waals surface area (Å²) in [4.78, 5) is 41.7. The number of hydrogen-bond acceptors (Lipinski definition) is 12. The topological polar surface area (TPSA) is 182 Å². The summed E-state index contributed by atoms with van der Waals surface area (Å²) in [6, 6.07) is 18.6. The van der Waals surface area contributed by atoms with Crippen molar-refractivity contribution in [2.75, 3.05) is 57.4 Å². The van der Waals surface area contributed by atoms with Crippen molar-refractivity contribution in [3.05, 3.63) is 117 Å². The van der Waals surface area contributed by atoms with Crippen molar-refractivity contribution in [2.45, 2.75) is 62.4 Å². The third-order valence-electron chi connectivity index (χ3n) is 12.7. The molecule has 3 aromatic heterocycles. The molecular weight excluding hydrogens is 834 g/mol. The number of rotatable bonds is 13. The first-order chi connectivity index (χ1) is 30.0. The van der Waals surface area contributed by atoms with Crippen LogP contribution in [0.1, 0.15) is 66.4 Å². The Bertz CT molecular complexity index is 2620. The lowest BCUT2D eigenvalue weighted by molar-refractivity contribution is -0.385. The summed E-state index contributed by atoms with van der Waals surface area (Å²) in [6.45, 7) is 5.15. The number of piperazine rings is 1. The van der Waals surface area contributed by atoms with Gasteiger partial charge in [0, 0.05) is 61.0 Å². The number of nitro benzene ring substituents is 1. The normalized spacial score (nSPS) is 19.4. The lowest BCUT2D eigenvalue weighted by Crippen LogP contribution is -2.47. The van der Waals surface area contributed by atoms with Gasteiger partial charge in [-0.2, -0.15) is 4.98 Å². The Hall–Kier alpha value is -5.39. The highest BCUT2D eigenvalue weighted by Crippen LogP contribution is 2.55. The zero-order chi connectivity index (χ0) is 42.8. The minimum absolute atomic E-state index is 0.116. The van der Waals surface area contributed by atoms with E-state index in [1.165, 1.54) is 66.8 Å². The lowest BCUT2D eigenvalue weighted by atomic mass is 9.59. The first-order valence-electron chi connectivity index (χ1n) is 21.1. The van der Waals surface area contributed by atoms with Gasteiger partial charge in [0.2, 0.25) is 5.88 Å². The molecular formula is C45H48ClN7O8S. The number of hydrogen-bond donors (Lipinski definition) is 2. The number of pyridine rings is 2. The van der Waals surface area contributed by atoms with Crippen LogP contribution in [-0.2, 0) is 25.9 Å². The molecule has 2 N–H and O–H groups in total. The Morgan fingerprint density at radius 1 is 1.03 bits per heavy atom. The summed E-state index contributed by atoms with van der Waals surface area (Å²) in [7, 11) is -4.58. The fourth-order valence-corrected chi connectivity index (χ4v) is 10.2. The highest BCUT2D eigenvalue weighted by atomic mass is 35.5. The van der Waals surface area contributed by atoms with E-state index in [-0.39, 0.29) is 29.7 Å². The Morgan fingerprint density at radius 2 is 1.85 bits per heavy atom. The molecule has 1 atom stereocenters. The molecule has 62 heavy (non-hydrogen) atoms. The molecule has 324 valence electrons. The van der Waals surface area contributed by atoms with Gasteiger partial charge in [-0.1, -0.05) is 41.8 Å². The van der Waals surface area contributed by atoms with Crippen molar-refractivity contribution in [3.8, 4) is 11.6 Å². The fourth-order valence-electron chi connectivity index (χ4n) is 9.09. The number of anilines is 1. The second-order valence-corrected chi connectivity index (χ2v) is 18.8. The minimum Gasteiger partial charge on any atom is -0.436 e. The van der Waals surface area contributed by atoms with E-state index in [0.717, 1.165) is 49.0 Å². The molecule has 5 aromatic rings. The van der Waals surface area contributed by atoms with Crippen LogP contribution in [-0.4, -0.2) is 97.7 Å². The lowest BCUT2D eigenvalue weighted by Gasteiger charge is -2.47. The Labute approximate surface area is 364 Å². The molecule has 9 rings (SSSR count). The molecule has 0 unspecified atom stereocenters. The van der Waals surface area contributed by atoms with E-state index >= 15 is 0 Å². The predicted octanol–water partition coefficient (Wildman–Crippen LogP) is 7.71. The van der Waals surface area contributed by atoms with Crippen molar-refractivity contribution in [1.82, 2.24) is 24.6 Å². The van der Waals surface area contributed by atoms with Crippen LogP contribution in [0.25, 0.3) is 16.6 Å². The van der Waals surface area contributed by atoms with Gasteiger partial charge in [0.1, 0.15) is 22.8 Å². The zero-order valence-corrected chi connectivity index (χ0v) is 35.8. The molecule has 2 saturated heterocycles. The van der Waals surface area contributed by atoms with Crippen molar-refractivity contribution < 1.29 is 32.3 Å². The van der Waals surface area contributed by atoms with Gasteiger partial charge in [-0.05, 0) is 104 Å². The molecule has 2 aliphatic heterocycles. The standard InChI is InChI=1S/C45H48ClN7O8S/c46-34-6-2-30(3-7-34)39-26-45(14-1-15-45)16-12-33(39)28-51-18-20-52(21-19-51)41-11-10-38(44(49-41)61-36-24-32-13-17-47-42(32)48-27-36)43(54)50-62(57,58)37-9-5-31(40(25-37)53(55)56)4-8-35-29-59-22-23-60-35/h2-3,5-7,9-11,13,17,24-25,27,35H,1,4,8,12,14-16,18-23,26,28-29H2,(H,47,48)(H,50,54)/t35-/m0/s1. The van der Waals surface area contributed by atoms with E-state index in [1.807, 2.05) is 18.2 Å². The Balaban J connectivity index is 0.926. The number of nitro groups is 1. The molecule has 1 saturated carbocycles. The number of aryl methyl sites for hydroxylation is 1. The zero-order valence-electron chi connectivity index (χ0n) is 34.2. The van der Waals surface area contributed by atoms with Crippen molar-refractivity contribution in [3.63, 3.8) is 0 Å². The van der Waals surface area contributed by atoms with E-state index in [9.17, 15) is 23.3 Å². The third kappa shape index (κ3) is 9.20. The number of amides is 1. The first-order valence-corrected chi connectivity index (χ1v) is 23.0. The number of benzene rings is 2. The summed E-state index contributed by atoms with van der Waals surface area (Å²) in [5.41, 5.74) is 5.13. The van der Waals surface area contributed by atoms with Gasteiger partial charge >= 0.3 is 0 Å². The highest BCUT2D eigenvalue weighted by Gasteiger charge is 2.41. The first kappa shape index (κ1) is 41.9. The number of H-pyrrole nitrogens is 1. The molecule has 2 aliphatic carbocycles. The SMILES string of the molecule is O=C(NS(=O)(=O)c1ccc(CC[C@H]2COCCO2)c([N+](=O)[O-])c1)c1ccc(N2CCN(CC3=C(c4ccc(Cl)cc4)CC4(CCC4)CC3)CC2)nc1Oc1cnc2[nH]ccc2c1. The number of nitrogens with zero attached hydrogens (tertiary/aromatic N) is 5. The summed E-state index contributed by atoms with van der Waals surface area (Å²) in [6.07, 6.45) is 11.1. The third-order valence-corrected chi connectivity index (χ3v) is 14.3. The largest absolute Gasteiger partial charge is 0.436 e. The van der Waals surface area contributed by atoms with Crippen LogP contribution in [0.3, 0.4) is 0 Å². The smallest absolute Gasteiger partial charge is 0.273 e. The molecule has 1 amide bonds. The fraction of sp³-hybridized carbons (Fsp3) is 0.400. The average molecular weight is 882 g/mol. The number of halogens is 1. The number of carbonyl (C=O) groups is 1. The number of aromatic amines is 1. The number of aromatic nitrogens is 3. The van der Waals surface area contributed by atoms with Gasteiger partial charge in [0.05, 0.1) is 41.9 Å². The molecule has 3 fully saturated rings. The number of carbonyl (C=O) groups excluding carboxylic acids is 1. The Kier molecular flexibility index (Phi) is 12.0. The van der Waals surface area contributed by atoms with E-state index in [0.29, 0.717) is 67.5 Å². The van der Waals surface area contributed by atoms with Gasteiger partial charge in [-0.15, -0.1) is 0 Å². The molecule has 0 bridgehead atoms. The van der Waals surface area contributed by atoms with Crippen LogP contribution in [0.4, 0.5) is 11.5 Å². The summed E-state index contributed by atoms with van der Waals surface area (Å²) in [5, 5.41) is 13.6. The summed E-state index contributed by atoms with van der Waals surface area (Å²) < 4.78 is 46.7. The van der Waals surface area contributed by atoms with Gasteiger partial charge in [-0.25, -0.2) is 18.1 Å².